The maximum Gasteiger partial charge on any atom is 0.296 e. The molecule has 9 heteroatoms. The second-order valence-electron chi connectivity index (χ2n) is 4.34. The molecule has 0 saturated carbocycles. The van der Waals surface area contributed by atoms with E-state index in [2.05, 4.69) is 73.1 Å². The van der Waals surface area contributed by atoms with E-state index >= 15 is 0 Å². The van der Waals surface area contributed by atoms with Crippen molar-refractivity contribution in [1.82, 2.24) is 0 Å². The van der Waals surface area contributed by atoms with E-state index in [0.717, 1.165) is 10.7 Å². The molecule has 0 radical (unpaired) electrons. The van der Waals surface area contributed by atoms with Crippen molar-refractivity contribution in [3.8, 4) is 5.75 Å². The Bertz CT molecular complexity index is 796. The van der Waals surface area contributed by atoms with Gasteiger partial charge in [-0.25, -0.2) is 0 Å². The van der Waals surface area contributed by atoms with Crippen LogP contribution in [0.1, 0.15) is 10.4 Å². The summed E-state index contributed by atoms with van der Waals surface area (Å²) in [4.78, 5) is 23.1. The normalized spacial score (nSPS) is 10.3. The van der Waals surface area contributed by atoms with Crippen LogP contribution in [0.25, 0.3) is 0 Å². The summed E-state index contributed by atoms with van der Waals surface area (Å²) in [6.45, 7) is 0. The summed E-state index contributed by atoms with van der Waals surface area (Å²) in [5, 5.41) is 13.8. The van der Waals surface area contributed by atoms with Gasteiger partial charge in [0.15, 0.2) is 0 Å². The minimum Gasteiger partial charge on any atom is -0.496 e. The molecular formula is C14H9I3N2O4. The zero-order valence-electron chi connectivity index (χ0n) is 11.6. The highest BCUT2D eigenvalue weighted by molar-refractivity contribution is 14.1. The van der Waals surface area contributed by atoms with Crippen LogP contribution in [0.15, 0.2) is 30.3 Å². The Balaban J connectivity index is 2.40. The molecule has 1 N–H and O–H groups in total. The topological polar surface area (TPSA) is 81.5 Å². The van der Waals surface area contributed by atoms with E-state index in [9.17, 15) is 14.9 Å². The molecule has 2 aromatic rings. The van der Waals surface area contributed by atoms with Gasteiger partial charge in [-0.3, -0.25) is 14.9 Å². The Morgan fingerprint density at radius 2 is 1.91 bits per heavy atom. The van der Waals surface area contributed by atoms with Crippen LogP contribution < -0.4 is 10.1 Å². The minimum absolute atomic E-state index is 0.130. The van der Waals surface area contributed by atoms with Crippen LogP contribution in [0.3, 0.4) is 0 Å². The molecule has 0 heterocycles. The van der Waals surface area contributed by atoms with Crippen molar-refractivity contribution in [1.29, 1.82) is 0 Å². The smallest absolute Gasteiger partial charge is 0.296 e. The Morgan fingerprint density at radius 3 is 2.52 bits per heavy atom. The summed E-state index contributed by atoms with van der Waals surface area (Å²) in [7, 11) is 1.42. The number of amides is 1. The number of ether oxygens (including phenoxy) is 1. The van der Waals surface area contributed by atoms with Crippen LogP contribution in [0, 0.1) is 20.8 Å². The molecule has 6 nitrogen and oxygen atoms in total. The van der Waals surface area contributed by atoms with Crippen molar-refractivity contribution in [2.75, 3.05) is 12.4 Å². The maximum atomic E-state index is 12.5. The third kappa shape index (κ3) is 4.43. The second-order valence-corrected chi connectivity index (χ2v) is 7.83. The highest BCUT2D eigenvalue weighted by atomic mass is 127. The molecule has 0 fully saturated rings. The second kappa shape index (κ2) is 7.92. The van der Waals surface area contributed by atoms with Gasteiger partial charge in [-0.05, 0) is 92.0 Å². The lowest BCUT2D eigenvalue weighted by Crippen LogP contribution is -2.15. The van der Waals surface area contributed by atoms with Gasteiger partial charge in [0.2, 0.25) is 0 Å². The fourth-order valence-electron chi connectivity index (χ4n) is 1.81. The van der Waals surface area contributed by atoms with Crippen LogP contribution in [-0.4, -0.2) is 17.9 Å². The maximum absolute atomic E-state index is 12.5. The van der Waals surface area contributed by atoms with Gasteiger partial charge < -0.3 is 10.1 Å². The third-order valence-corrected chi connectivity index (χ3v) is 6.56. The van der Waals surface area contributed by atoms with Crippen LogP contribution in [-0.2, 0) is 0 Å². The number of nitrogens with zero attached hydrogens (tertiary/aromatic N) is 1. The fraction of sp³-hybridized carbons (Fsp3) is 0.0714. The number of methoxy groups -OCH3 is 1. The SMILES string of the molecule is COc1ccc(NC(=O)c2cc(I)cc(I)c2I)c([N+](=O)[O-])c1. The van der Waals surface area contributed by atoms with E-state index in [4.69, 9.17) is 4.74 Å². The largest absolute Gasteiger partial charge is 0.496 e. The monoisotopic (exact) mass is 650 g/mol. The van der Waals surface area contributed by atoms with Gasteiger partial charge in [-0.2, -0.15) is 0 Å². The molecule has 0 spiro atoms. The predicted molar refractivity (Wildman–Crippen MR) is 112 cm³/mol. The number of hydrogen-bond acceptors (Lipinski definition) is 4. The third-order valence-electron chi connectivity index (χ3n) is 2.89. The Labute approximate surface area is 172 Å². The molecule has 0 unspecified atom stereocenters. The van der Waals surface area contributed by atoms with Crippen molar-refractivity contribution in [2.45, 2.75) is 0 Å². The first kappa shape index (κ1) is 18.6. The van der Waals surface area contributed by atoms with Crippen LogP contribution in [0.4, 0.5) is 11.4 Å². The highest BCUT2D eigenvalue weighted by Gasteiger charge is 2.20. The number of carbonyl (C=O) groups excluding carboxylic acids is 1. The molecule has 2 aromatic carbocycles. The number of benzene rings is 2. The van der Waals surface area contributed by atoms with Crippen molar-refractivity contribution >= 4 is 85.1 Å². The van der Waals surface area contributed by atoms with Gasteiger partial charge in [0, 0.05) is 10.7 Å². The van der Waals surface area contributed by atoms with Crippen molar-refractivity contribution in [2.24, 2.45) is 0 Å². The Hall–Kier alpha value is -0.700. The summed E-state index contributed by atoms with van der Waals surface area (Å²) in [6.07, 6.45) is 0. The van der Waals surface area contributed by atoms with E-state index in [1.807, 2.05) is 6.07 Å². The van der Waals surface area contributed by atoms with E-state index in [1.54, 1.807) is 12.1 Å². The van der Waals surface area contributed by atoms with E-state index in [1.165, 1.54) is 19.2 Å². The zero-order chi connectivity index (χ0) is 17.1. The number of nitrogens with one attached hydrogen (secondary N) is 1. The standard InChI is InChI=1S/C14H9I3N2O4/c1-23-8-2-3-11(12(6-8)19(21)22)18-14(20)9-4-7(15)5-10(16)13(9)17/h2-6H,1H3,(H,18,20). The molecule has 0 bridgehead atoms. The highest BCUT2D eigenvalue weighted by Crippen LogP contribution is 2.30. The van der Waals surface area contributed by atoms with Crippen LogP contribution in [0.2, 0.25) is 0 Å². The van der Waals surface area contributed by atoms with Crippen molar-refractivity contribution in [3.63, 3.8) is 0 Å². The molecule has 2 rings (SSSR count). The predicted octanol–water partition coefficient (Wildman–Crippen LogP) is 4.67. The van der Waals surface area contributed by atoms with Crippen LogP contribution >= 0.6 is 67.8 Å². The quantitative estimate of drug-likeness (QED) is 0.226. The van der Waals surface area contributed by atoms with Gasteiger partial charge in [-0.15, -0.1) is 0 Å². The molecule has 0 aliphatic carbocycles. The van der Waals surface area contributed by atoms with Gasteiger partial charge in [-0.1, -0.05) is 0 Å². The molecule has 23 heavy (non-hydrogen) atoms. The van der Waals surface area contributed by atoms with E-state index in [0.29, 0.717) is 11.3 Å². The first-order valence-electron chi connectivity index (χ1n) is 6.11. The first-order valence-corrected chi connectivity index (χ1v) is 9.35. The van der Waals surface area contributed by atoms with Gasteiger partial charge >= 0.3 is 0 Å². The molecule has 0 aliphatic rings. The summed E-state index contributed by atoms with van der Waals surface area (Å²) in [5.41, 5.74) is 0.394. The van der Waals surface area contributed by atoms with E-state index in [-0.39, 0.29) is 17.3 Å². The lowest BCUT2D eigenvalue weighted by molar-refractivity contribution is -0.384. The minimum atomic E-state index is -0.554. The molecule has 120 valence electrons. The van der Waals surface area contributed by atoms with Gasteiger partial charge in [0.25, 0.3) is 11.6 Å². The fourth-order valence-corrected chi connectivity index (χ4v) is 4.21. The number of rotatable bonds is 4. The van der Waals surface area contributed by atoms with Crippen LogP contribution in [0.5, 0.6) is 5.75 Å². The summed E-state index contributed by atoms with van der Waals surface area (Å²) >= 11 is 6.36. The molecule has 1 amide bonds. The Kier molecular flexibility index (Phi) is 6.41. The Morgan fingerprint density at radius 1 is 1.22 bits per heavy atom. The van der Waals surface area contributed by atoms with Gasteiger partial charge in [0.1, 0.15) is 11.4 Å². The average molecular weight is 650 g/mol. The van der Waals surface area contributed by atoms with Crippen molar-refractivity contribution in [3.05, 3.63) is 56.7 Å². The average Bonchev–Trinajstić information content (AvgIpc) is 2.50. The number of anilines is 1. The summed E-state index contributed by atoms with van der Waals surface area (Å²) < 4.78 is 7.65. The molecule has 0 aliphatic heterocycles. The van der Waals surface area contributed by atoms with Crippen molar-refractivity contribution < 1.29 is 14.5 Å². The number of halogens is 3. The summed E-state index contributed by atoms with van der Waals surface area (Å²) in [5.74, 6) is -0.0350. The number of nitro groups is 1. The van der Waals surface area contributed by atoms with Gasteiger partial charge in [0.05, 0.1) is 23.7 Å². The number of hydrogen-bond donors (Lipinski definition) is 1. The molecule has 0 aromatic heterocycles. The summed E-state index contributed by atoms with van der Waals surface area (Å²) in [6, 6.07) is 8.00. The number of carbonyl (C=O) groups is 1. The lowest BCUT2D eigenvalue weighted by Gasteiger charge is -2.10. The van der Waals surface area contributed by atoms with E-state index < -0.39 is 4.92 Å². The first-order chi connectivity index (χ1) is 10.8. The molecule has 0 atom stereocenters. The zero-order valence-corrected chi connectivity index (χ0v) is 18.1. The molecular weight excluding hydrogens is 641 g/mol. The number of nitro benzene ring substituents is 1. The lowest BCUT2D eigenvalue weighted by atomic mass is 10.2. The molecule has 0 saturated heterocycles.